The lowest BCUT2D eigenvalue weighted by Gasteiger charge is -2.07. The van der Waals surface area contributed by atoms with Gasteiger partial charge in [-0.3, -0.25) is 9.59 Å². The van der Waals surface area contributed by atoms with Gasteiger partial charge in [0.25, 0.3) is 11.8 Å². The lowest BCUT2D eigenvalue weighted by molar-refractivity contribution is 0.0954. The maximum absolute atomic E-state index is 12.3. The largest absolute Gasteiger partial charge is 0.507 e. The minimum atomic E-state index is -0.423. The highest BCUT2D eigenvalue weighted by Crippen LogP contribution is 2.21. The third-order valence-electron chi connectivity index (χ3n) is 4.40. The summed E-state index contributed by atoms with van der Waals surface area (Å²) in [6, 6.07) is 18.2. The van der Waals surface area contributed by atoms with E-state index in [-0.39, 0.29) is 11.7 Å². The molecule has 3 aromatic rings. The molecule has 7 heteroatoms. The quantitative estimate of drug-likeness (QED) is 0.284. The number of hydrazone groups is 1. The van der Waals surface area contributed by atoms with Gasteiger partial charge in [-0.05, 0) is 66.6 Å². The molecule has 3 aromatic carbocycles. The molecule has 0 aliphatic carbocycles. The molecule has 3 N–H and O–H groups in total. The van der Waals surface area contributed by atoms with E-state index >= 15 is 0 Å². The molecule has 0 fully saturated rings. The van der Waals surface area contributed by atoms with E-state index in [4.69, 9.17) is 11.6 Å². The van der Waals surface area contributed by atoms with Crippen LogP contribution < -0.4 is 10.7 Å². The Kier molecular flexibility index (Phi) is 7.19. The van der Waals surface area contributed by atoms with Gasteiger partial charge < -0.3 is 10.4 Å². The standard InChI is InChI=1S/C24H20ClN3O3/c1-2-4-16-5-3-6-19(22(16)29)15-26-28-24(31)18-9-13-21(14-10-18)27-23(30)17-7-11-20(25)12-8-17/h2-3,5-15,29H,1,4H2,(H,27,30)(H,28,31)/b26-15+. The van der Waals surface area contributed by atoms with E-state index in [1.54, 1.807) is 72.8 Å². The first kappa shape index (κ1) is 21.8. The van der Waals surface area contributed by atoms with Crippen molar-refractivity contribution in [3.63, 3.8) is 0 Å². The summed E-state index contributed by atoms with van der Waals surface area (Å²) in [5.41, 5.74) is 5.01. The van der Waals surface area contributed by atoms with Crippen molar-refractivity contribution in [3.05, 3.63) is 107 Å². The molecule has 0 spiro atoms. The third kappa shape index (κ3) is 5.81. The molecular weight excluding hydrogens is 414 g/mol. The summed E-state index contributed by atoms with van der Waals surface area (Å²) in [5.74, 6) is -0.605. The summed E-state index contributed by atoms with van der Waals surface area (Å²) in [6.07, 6.45) is 3.60. The zero-order chi connectivity index (χ0) is 22.2. The molecule has 0 aliphatic rings. The number of benzene rings is 3. The first-order chi connectivity index (χ1) is 15.0. The number of rotatable bonds is 7. The summed E-state index contributed by atoms with van der Waals surface area (Å²) in [7, 11) is 0. The predicted molar refractivity (Wildman–Crippen MR) is 123 cm³/mol. The Balaban J connectivity index is 1.60. The number of phenols is 1. The first-order valence-corrected chi connectivity index (χ1v) is 9.78. The lowest BCUT2D eigenvalue weighted by atomic mass is 10.1. The topological polar surface area (TPSA) is 90.8 Å². The molecule has 3 rings (SSSR count). The van der Waals surface area contributed by atoms with Crippen molar-refractivity contribution in [1.82, 2.24) is 5.43 Å². The van der Waals surface area contributed by atoms with E-state index in [0.717, 1.165) is 5.56 Å². The molecule has 0 saturated carbocycles. The molecule has 6 nitrogen and oxygen atoms in total. The number of amides is 2. The molecule has 0 aromatic heterocycles. The second kappa shape index (κ2) is 10.2. The predicted octanol–water partition coefficient (Wildman–Crippen LogP) is 4.79. The van der Waals surface area contributed by atoms with E-state index < -0.39 is 5.91 Å². The van der Waals surface area contributed by atoms with Gasteiger partial charge in [-0.1, -0.05) is 29.8 Å². The van der Waals surface area contributed by atoms with Crippen LogP contribution in [0.3, 0.4) is 0 Å². The number of para-hydroxylation sites is 1. The number of anilines is 1. The zero-order valence-electron chi connectivity index (χ0n) is 16.5. The molecule has 2 amide bonds. The number of carbonyl (C=O) groups excluding carboxylic acids is 2. The molecular formula is C24H20ClN3O3. The molecule has 0 bridgehead atoms. The average molecular weight is 434 g/mol. The Morgan fingerprint density at radius 3 is 2.29 bits per heavy atom. The highest BCUT2D eigenvalue weighted by molar-refractivity contribution is 6.30. The molecule has 31 heavy (non-hydrogen) atoms. The van der Waals surface area contributed by atoms with Crippen LogP contribution in [0.5, 0.6) is 5.75 Å². The normalized spacial score (nSPS) is 10.6. The fourth-order valence-corrected chi connectivity index (χ4v) is 2.90. The van der Waals surface area contributed by atoms with Gasteiger partial charge in [0.05, 0.1) is 6.21 Å². The van der Waals surface area contributed by atoms with E-state index in [1.807, 2.05) is 0 Å². The Labute approximate surface area is 184 Å². The lowest BCUT2D eigenvalue weighted by Crippen LogP contribution is -2.18. The number of nitrogens with one attached hydrogen (secondary N) is 2. The number of carbonyl (C=O) groups is 2. The Bertz CT molecular complexity index is 1120. The van der Waals surface area contributed by atoms with Crippen molar-refractivity contribution in [3.8, 4) is 5.75 Å². The molecule has 0 aliphatic heterocycles. The number of nitrogens with zero attached hydrogens (tertiary/aromatic N) is 1. The van der Waals surface area contributed by atoms with Gasteiger partial charge in [-0.15, -0.1) is 6.58 Å². The number of phenolic OH excluding ortho intramolecular Hbond substituents is 1. The van der Waals surface area contributed by atoms with Gasteiger partial charge in [0.1, 0.15) is 5.75 Å². The van der Waals surface area contributed by atoms with Gasteiger partial charge in [-0.2, -0.15) is 5.10 Å². The van der Waals surface area contributed by atoms with E-state index in [0.29, 0.717) is 33.8 Å². The number of allylic oxidation sites excluding steroid dienone is 1. The van der Waals surface area contributed by atoms with Crippen LogP contribution in [0.1, 0.15) is 31.8 Å². The fraction of sp³-hybridized carbons (Fsp3) is 0.0417. The minimum Gasteiger partial charge on any atom is -0.507 e. The van der Waals surface area contributed by atoms with E-state index in [1.165, 1.54) is 6.21 Å². The van der Waals surface area contributed by atoms with Crippen LogP contribution in [0.15, 0.2) is 84.5 Å². The van der Waals surface area contributed by atoms with Crippen LogP contribution in [0.4, 0.5) is 5.69 Å². The fourth-order valence-electron chi connectivity index (χ4n) is 2.77. The summed E-state index contributed by atoms with van der Waals surface area (Å²) in [4.78, 5) is 24.5. The van der Waals surface area contributed by atoms with Crippen molar-refractivity contribution < 1.29 is 14.7 Å². The van der Waals surface area contributed by atoms with Crippen molar-refractivity contribution in [1.29, 1.82) is 0 Å². The second-order valence-electron chi connectivity index (χ2n) is 6.59. The molecule has 0 saturated heterocycles. The maximum atomic E-state index is 12.3. The summed E-state index contributed by atoms with van der Waals surface area (Å²) in [5, 5.41) is 17.4. The molecule has 0 radical (unpaired) electrons. The SMILES string of the molecule is C=CCc1cccc(/C=N/NC(=O)c2ccc(NC(=O)c3ccc(Cl)cc3)cc2)c1O. The van der Waals surface area contributed by atoms with E-state index in [9.17, 15) is 14.7 Å². The highest BCUT2D eigenvalue weighted by atomic mass is 35.5. The monoisotopic (exact) mass is 433 g/mol. The van der Waals surface area contributed by atoms with Gasteiger partial charge in [0.2, 0.25) is 0 Å². The van der Waals surface area contributed by atoms with Gasteiger partial charge >= 0.3 is 0 Å². The number of hydrogen-bond acceptors (Lipinski definition) is 4. The number of hydrogen-bond donors (Lipinski definition) is 3. The van der Waals surface area contributed by atoms with Gasteiger partial charge in [0, 0.05) is 27.4 Å². The number of halogens is 1. The third-order valence-corrected chi connectivity index (χ3v) is 4.65. The minimum absolute atomic E-state index is 0.0983. The van der Waals surface area contributed by atoms with Crippen LogP contribution in [0.25, 0.3) is 0 Å². The maximum Gasteiger partial charge on any atom is 0.271 e. The first-order valence-electron chi connectivity index (χ1n) is 9.40. The molecule has 156 valence electrons. The van der Waals surface area contributed by atoms with Crippen LogP contribution in [-0.2, 0) is 6.42 Å². The number of aromatic hydroxyl groups is 1. The Morgan fingerprint density at radius 1 is 0.968 bits per heavy atom. The van der Waals surface area contributed by atoms with Crippen molar-refractivity contribution in [2.24, 2.45) is 5.10 Å². The summed E-state index contributed by atoms with van der Waals surface area (Å²) < 4.78 is 0. The molecule has 0 heterocycles. The van der Waals surface area contributed by atoms with Crippen LogP contribution in [-0.4, -0.2) is 23.1 Å². The van der Waals surface area contributed by atoms with Crippen LogP contribution >= 0.6 is 11.6 Å². The smallest absolute Gasteiger partial charge is 0.271 e. The average Bonchev–Trinajstić information content (AvgIpc) is 2.77. The van der Waals surface area contributed by atoms with Crippen LogP contribution in [0, 0.1) is 0 Å². The summed E-state index contributed by atoms with van der Waals surface area (Å²) >= 11 is 5.83. The Hall–Kier alpha value is -3.90. The van der Waals surface area contributed by atoms with Crippen molar-refractivity contribution >= 4 is 35.3 Å². The van der Waals surface area contributed by atoms with E-state index in [2.05, 4.69) is 22.4 Å². The van der Waals surface area contributed by atoms with Crippen molar-refractivity contribution in [2.75, 3.05) is 5.32 Å². The van der Waals surface area contributed by atoms with Gasteiger partial charge in [-0.25, -0.2) is 5.43 Å². The van der Waals surface area contributed by atoms with Crippen LogP contribution in [0.2, 0.25) is 5.02 Å². The Morgan fingerprint density at radius 2 is 1.61 bits per heavy atom. The summed E-state index contributed by atoms with van der Waals surface area (Å²) in [6.45, 7) is 3.66. The molecule has 0 unspecified atom stereocenters. The van der Waals surface area contributed by atoms with Crippen molar-refractivity contribution in [2.45, 2.75) is 6.42 Å². The zero-order valence-corrected chi connectivity index (χ0v) is 17.3. The van der Waals surface area contributed by atoms with Gasteiger partial charge in [0.15, 0.2) is 0 Å². The highest BCUT2D eigenvalue weighted by Gasteiger charge is 2.08. The second-order valence-corrected chi connectivity index (χ2v) is 7.02. The molecule has 0 atom stereocenters.